The number of hydrogen-bond acceptors (Lipinski definition) is 6. The number of unbranched alkanes of at least 4 members (excludes halogenated alkanes) is 1. The molecule has 0 atom stereocenters. The summed E-state index contributed by atoms with van der Waals surface area (Å²) in [4.78, 5) is 22.6. The summed E-state index contributed by atoms with van der Waals surface area (Å²) >= 11 is 0. The zero-order valence-corrected chi connectivity index (χ0v) is 20.6. The maximum absolute atomic E-state index is 11.8. The minimum Gasteiger partial charge on any atom is -0.438 e. The lowest BCUT2D eigenvalue weighted by Crippen LogP contribution is -2.19. The first-order chi connectivity index (χ1) is 16.7. The fourth-order valence-corrected chi connectivity index (χ4v) is 2.85. The van der Waals surface area contributed by atoms with Gasteiger partial charge in [-0.05, 0) is 66.7 Å². The standard InChI is InChI=1S/C23H28O6.C6H2/c1-17-7-9-18(10-8-17)23(2,3)19-11-13-20(14-12-19)29-22(25)28-16-6-5-15-27-21(24)26-4;1-3-5-6-4-2/h7-14H,5-6,15-16H2,1-4H3;1-2H. The Bertz CT molecular complexity index is 1070. The predicted molar refractivity (Wildman–Crippen MR) is 135 cm³/mol. The van der Waals surface area contributed by atoms with Crippen LogP contribution in [0.3, 0.4) is 0 Å². The number of terminal acetylenes is 2. The van der Waals surface area contributed by atoms with Gasteiger partial charge in [0, 0.05) is 5.41 Å². The molecule has 0 aliphatic carbocycles. The van der Waals surface area contributed by atoms with Crippen LogP contribution < -0.4 is 4.74 Å². The molecule has 0 bridgehead atoms. The third-order valence-corrected chi connectivity index (χ3v) is 4.90. The third kappa shape index (κ3) is 10.9. The van der Waals surface area contributed by atoms with Crippen LogP contribution in [0, 0.1) is 43.5 Å². The molecule has 2 aromatic rings. The number of hydrogen-bond donors (Lipinski definition) is 0. The highest BCUT2D eigenvalue weighted by molar-refractivity contribution is 5.63. The van der Waals surface area contributed by atoms with E-state index in [9.17, 15) is 9.59 Å². The van der Waals surface area contributed by atoms with Crippen LogP contribution in [-0.4, -0.2) is 32.6 Å². The summed E-state index contributed by atoms with van der Waals surface area (Å²) in [6.45, 7) is 6.78. The van der Waals surface area contributed by atoms with E-state index in [0.29, 0.717) is 18.6 Å². The van der Waals surface area contributed by atoms with Crippen molar-refractivity contribution in [1.82, 2.24) is 0 Å². The average molecular weight is 475 g/mol. The number of carbonyl (C=O) groups is 2. The van der Waals surface area contributed by atoms with E-state index in [-0.39, 0.29) is 18.6 Å². The van der Waals surface area contributed by atoms with Crippen LogP contribution in [-0.2, 0) is 19.6 Å². The van der Waals surface area contributed by atoms with Crippen LogP contribution in [0.1, 0.15) is 43.4 Å². The van der Waals surface area contributed by atoms with E-state index < -0.39 is 12.3 Å². The van der Waals surface area contributed by atoms with E-state index >= 15 is 0 Å². The summed E-state index contributed by atoms with van der Waals surface area (Å²) in [6.07, 6.45) is 9.02. The molecular formula is C29H30O6. The summed E-state index contributed by atoms with van der Waals surface area (Å²) < 4.78 is 19.3. The Morgan fingerprint density at radius 2 is 1.26 bits per heavy atom. The van der Waals surface area contributed by atoms with Gasteiger partial charge in [-0.2, -0.15) is 0 Å². The fourth-order valence-electron chi connectivity index (χ4n) is 2.85. The summed E-state index contributed by atoms with van der Waals surface area (Å²) in [7, 11) is 1.25. The van der Waals surface area contributed by atoms with Crippen molar-refractivity contribution in [1.29, 1.82) is 0 Å². The van der Waals surface area contributed by atoms with Crippen LogP contribution in [0.25, 0.3) is 0 Å². The number of aryl methyl sites for hydroxylation is 1. The SMILES string of the molecule is C#CC#CC#C.COC(=O)OCCCCOC(=O)Oc1ccc(C(C)(C)c2ccc(C)cc2)cc1. The van der Waals surface area contributed by atoms with Crippen molar-refractivity contribution < 1.29 is 28.5 Å². The Balaban J connectivity index is 0.000000905. The second-order valence-electron chi connectivity index (χ2n) is 7.76. The number of benzene rings is 2. The fraction of sp³-hybridized carbons (Fsp3) is 0.310. The van der Waals surface area contributed by atoms with Crippen LogP contribution in [0.4, 0.5) is 9.59 Å². The lowest BCUT2D eigenvalue weighted by atomic mass is 9.78. The minimum absolute atomic E-state index is 0.168. The van der Waals surface area contributed by atoms with Gasteiger partial charge >= 0.3 is 12.3 Å². The van der Waals surface area contributed by atoms with Crippen molar-refractivity contribution in [2.45, 2.75) is 39.0 Å². The van der Waals surface area contributed by atoms with Gasteiger partial charge in [0.05, 0.1) is 20.3 Å². The highest BCUT2D eigenvalue weighted by Gasteiger charge is 2.23. The molecule has 0 aliphatic rings. The summed E-state index contributed by atoms with van der Waals surface area (Å²) in [5, 5.41) is 0. The molecule has 0 amide bonds. The number of methoxy groups -OCH3 is 1. The van der Waals surface area contributed by atoms with Crippen molar-refractivity contribution >= 4 is 12.3 Å². The molecule has 0 heterocycles. The van der Waals surface area contributed by atoms with Gasteiger partial charge in [0.2, 0.25) is 0 Å². The smallest absolute Gasteiger partial charge is 0.438 e. The lowest BCUT2D eigenvalue weighted by molar-refractivity contribution is 0.0665. The van der Waals surface area contributed by atoms with Crippen molar-refractivity contribution in [3.8, 4) is 42.3 Å². The zero-order valence-electron chi connectivity index (χ0n) is 20.6. The molecule has 0 aromatic heterocycles. The Morgan fingerprint density at radius 1 is 0.800 bits per heavy atom. The first-order valence-electron chi connectivity index (χ1n) is 10.9. The third-order valence-electron chi connectivity index (χ3n) is 4.90. The van der Waals surface area contributed by atoms with Gasteiger partial charge in [0.15, 0.2) is 0 Å². The van der Waals surface area contributed by atoms with E-state index in [1.165, 1.54) is 18.2 Å². The van der Waals surface area contributed by atoms with E-state index in [4.69, 9.17) is 27.1 Å². The van der Waals surface area contributed by atoms with Crippen LogP contribution in [0.5, 0.6) is 5.75 Å². The number of carbonyl (C=O) groups excluding carboxylic acids is 2. The van der Waals surface area contributed by atoms with Crippen molar-refractivity contribution in [2.24, 2.45) is 0 Å². The minimum atomic E-state index is -0.760. The van der Waals surface area contributed by atoms with Crippen LogP contribution >= 0.6 is 0 Å². The van der Waals surface area contributed by atoms with Gasteiger partial charge in [-0.3, -0.25) is 0 Å². The Hall–Kier alpha value is -4.34. The quantitative estimate of drug-likeness (QED) is 0.213. The van der Waals surface area contributed by atoms with Gasteiger partial charge in [-0.15, -0.1) is 12.8 Å². The van der Waals surface area contributed by atoms with Gasteiger partial charge in [-0.1, -0.05) is 55.8 Å². The maximum Gasteiger partial charge on any atom is 0.513 e. The van der Waals surface area contributed by atoms with E-state index in [2.05, 4.69) is 73.5 Å². The maximum atomic E-state index is 11.8. The van der Waals surface area contributed by atoms with Gasteiger partial charge < -0.3 is 18.9 Å². The van der Waals surface area contributed by atoms with Crippen molar-refractivity contribution in [3.05, 3.63) is 65.2 Å². The molecule has 35 heavy (non-hydrogen) atoms. The highest BCUT2D eigenvalue weighted by Crippen LogP contribution is 2.32. The van der Waals surface area contributed by atoms with Crippen molar-refractivity contribution in [3.63, 3.8) is 0 Å². The van der Waals surface area contributed by atoms with Gasteiger partial charge in [-0.25, -0.2) is 9.59 Å². The van der Waals surface area contributed by atoms with Crippen LogP contribution in [0.2, 0.25) is 0 Å². The second kappa shape index (κ2) is 15.5. The monoisotopic (exact) mass is 474 g/mol. The highest BCUT2D eigenvalue weighted by atomic mass is 16.7. The summed E-state index contributed by atoms with van der Waals surface area (Å²) in [5.41, 5.74) is 3.39. The zero-order chi connectivity index (χ0) is 26.1. The Labute approximate surface area is 207 Å². The molecule has 0 N–H and O–H groups in total. The molecule has 0 saturated carbocycles. The Morgan fingerprint density at radius 3 is 1.71 bits per heavy atom. The molecule has 6 heteroatoms. The van der Waals surface area contributed by atoms with Crippen molar-refractivity contribution in [2.75, 3.05) is 20.3 Å². The molecular weight excluding hydrogens is 444 g/mol. The molecule has 182 valence electrons. The molecule has 2 rings (SSSR count). The summed E-state index contributed by atoms with van der Waals surface area (Å²) in [5.74, 6) is 9.03. The van der Waals surface area contributed by atoms with E-state index in [1.54, 1.807) is 12.1 Å². The number of ether oxygens (including phenoxy) is 4. The molecule has 2 aromatic carbocycles. The van der Waals surface area contributed by atoms with E-state index in [1.807, 2.05) is 12.1 Å². The molecule has 0 aliphatic heterocycles. The number of rotatable bonds is 8. The first-order valence-corrected chi connectivity index (χ1v) is 10.9. The Kier molecular flexibility index (Phi) is 12.7. The lowest BCUT2D eigenvalue weighted by Gasteiger charge is -2.26. The molecule has 0 spiro atoms. The van der Waals surface area contributed by atoms with Crippen LogP contribution in [0.15, 0.2) is 48.5 Å². The first kappa shape index (κ1) is 28.7. The second-order valence-corrected chi connectivity index (χ2v) is 7.76. The summed E-state index contributed by atoms with van der Waals surface area (Å²) in [6, 6.07) is 15.9. The molecule has 0 fully saturated rings. The normalized spacial score (nSPS) is 9.54. The molecule has 0 unspecified atom stereocenters. The van der Waals surface area contributed by atoms with E-state index in [0.717, 1.165) is 5.56 Å². The average Bonchev–Trinajstić information content (AvgIpc) is 2.85. The van der Waals surface area contributed by atoms with Gasteiger partial charge in [0.1, 0.15) is 5.75 Å². The van der Waals surface area contributed by atoms with Gasteiger partial charge in [0.25, 0.3) is 0 Å². The molecule has 0 saturated heterocycles. The molecule has 0 radical (unpaired) electrons. The topological polar surface area (TPSA) is 71.1 Å². The largest absolute Gasteiger partial charge is 0.513 e. The predicted octanol–water partition coefficient (Wildman–Crippen LogP) is 5.66. The molecule has 6 nitrogen and oxygen atoms in total.